The largest absolute Gasteiger partial charge is 0.461 e. The van der Waals surface area contributed by atoms with E-state index in [1.165, 1.54) is 0 Å². The van der Waals surface area contributed by atoms with Gasteiger partial charge in [-0.3, -0.25) is 10.2 Å². The molecule has 0 aliphatic heterocycles. The number of H-pyrrole nitrogens is 2. The van der Waals surface area contributed by atoms with E-state index in [0.717, 1.165) is 11.4 Å². The first-order valence-corrected chi connectivity index (χ1v) is 7.41. The Hall–Kier alpha value is -2.64. The van der Waals surface area contributed by atoms with Crippen LogP contribution in [0.25, 0.3) is 0 Å². The molecule has 2 N–H and O–H groups in total. The average molecular weight is 320 g/mol. The van der Waals surface area contributed by atoms with E-state index in [-0.39, 0.29) is 24.6 Å². The van der Waals surface area contributed by atoms with Crippen LogP contribution in [0.2, 0.25) is 0 Å². The van der Waals surface area contributed by atoms with Gasteiger partial charge in [0.05, 0.1) is 13.2 Å². The van der Waals surface area contributed by atoms with Gasteiger partial charge in [-0.15, -0.1) is 0 Å². The van der Waals surface area contributed by atoms with Crippen molar-refractivity contribution in [2.75, 3.05) is 13.2 Å². The highest BCUT2D eigenvalue weighted by Gasteiger charge is 2.24. The Bertz CT molecular complexity index is 657. The Morgan fingerprint density at radius 2 is 1.26 bits per heavy atom. The van der Waals surface area contributed by atoms with E-state index in [2.05, 4.69) is 20.4 Å². The number of ether oxygens (including phenoxy) is 2. The third-order valence-corrected chi connectivity index (χ3v) is 3.44. The van der Waals surface area contributed by atoms with Crippen LogP contribution in [0, 0.1) is 13.8 Å². The molecule has 0 spiro atoms. The van der Waals surface area contributed by atoms with Crippen molar-refractivity contribution in [3.05, 3.63) is 33.9 Å². The molecule has 2 aromatic rings. The summed E-state index contributed by atoms with van der Waals surface area (Å²) in [6, 6.07) is 0. The van der Waals surface area contributed by atoms with E-state index in [1.807, 2.05) is 13.8 Å². The molecule has 0 unspecified atom stereocenters. The number of rotatable bonds is 6. The molecule has 8 nitrogen and oxygen atoms in total. The van der Waals surface area contributed by atoms with Gasteiger partial charge in [0, 0.05) is 28.9 Å². The number of carbonyl (C=O) groups excluding carboxylic acids is 2. The van der Waals surface area contributed by atoms with Crippen LogP contribution in [-0.2, 0) is 15.9 Å². The van der Waals surface area contributed by atoms with Crippen LogP contribution in [0.4, 0.5) is 0 Å². The third-order valence-electron chi connectivity index (χ3n) is 3.44. The number of hydrogen-bond acceptors (Lipinski definition) is 6. The maximum absolute atomic E-state index is 12.0. The van der Waals surface area contributed by atoms with Crippen LogP contribution >= 0.6 is 0 Å². The average Bonchev–Trinajstić information content (AvgIpc) is 3.05. The summed E-state index contributed by atoms with van der Waals surface area (Å²) >= 11 is 0. The summed E-state index contributed by atoms with van der Waals surface area (Å²) in [6.45, 7) is 7.62. The first kappa shape index (κ1) is 16.7. The second-order valence-corrected chi connectivity index (χ2v) is 4.97. The van der Waals surface area contributed by atoms with Crippen molar-refractivity contribution in [3.63, 3.8) is 0 Å². The molecule has 8 heteroatoms. The molecule has 2 aromatic heterocycles. The highest BCUT2D eigenvalue weighted by molar-refractivity contribution is 5.91. The normalized spacial score (nSPS) is 10.6. The van der Waals surface area contributed by atoms with E-state index in [0.29, 0.717) is 17.5 Å². The predicted molar refractivity (Wildman–Crippen MR) is 81.4 cm³/mol. The lowest BCUT2D eigenvalue weighted by atomic mass is 10.0. The van der Waals surface area contributed by atoms with Gasteiger partial charge in [0.15, 0.2) is 11.4 Å². The van der Waals surface area contributed by atoms with Crippen LogP contribution in [0.1, 0.15) is 57.3 Å². The molecular formula is C15H20N4O4. The molecule has 2 heterocycles. The van der Waals surface area contributed by atoms with Crippen molar-refractivity contribution in [3.8, 4) is 0 Å². The van der Waals surface area contributed by atoms with Gasteiger partial charge in [-0.25, -0.2) is 9.59 Å². The molecule has 2 rings (SSSR count). The van der Waals surface area contributed by atoms with Gasteiger partial charge in [-0.2, -0.15) is 10.2 Å². The second kappa shape index (κ2) is 7.08. The maximum Gasteiger partial charge on any atom is 0.359 e. The van der Waals surface area contributed by atoms with Crippen molar-refractivity contribution in [1.29, 1.82) is 0 Å². The molecule has 0 amide bonds. The summed E-state index contributed by atoms with van der Waals surface area (Å²) in [5.41, 5.74) is 3.28. The first-order chi connectivity index (χ1) is 11.0. The zero-order chi connectivity index (χ0) is 17.0. The van der Waals surface area contributed by atoms with Gasteiger partial charge < -0.3 is 9.47 Å². The predicted octanol–water partition coefficient (Wildman–Crippen LogP) is 1.69. The Labute approximate surface area is 133 Å². The summed E-state index contributed by atoms with van der Waals surface area (Å²) in [6.07, 6.45) is 0.326. The van der Waals surface area contributed by atoms with Gasteiger partial charge in [-0.1, -0.05) is 0 Å². The minimum atomic E-state index is -0.495. The molecule has 0 aromatic carbocycles. The van der Waals surface area contributed by atoms with E-state index < -0.39 is 11.9 Å². The second-order valence-electron chi connectivity index (χ2n) is 4.97. The molecule has 23 heavy (non-hydrogen) atoms. The van der Waals surface area contributed by atoms with Crippen molar-refractivity contribution in [1.82, 2.24) is 20.4 Å². The molecule has 0 atom stereocenters. The highest BCUT2D eigenvalue weighted by atomic mass is 16.5. The molecule has 0 radical (unpaired) electrons. The molecule has 0 fully saturated rings. The van der Waals surface area contributed by atoms with Crippen molar-refractivity contribution in [2.45, 2.75) is 34.1 Å². The van der Waals surface area contributed by atoms with Crippen LogP contribution < -0.4 is 0 Å². The van der Waals surface area contributed by atoms with Crippen LogP contribution in [0.3, 0.4) is 0 Å². The Morgan fingerprint density at radius 3 is 1.61 bits per heavy atom. The number of aromatic nitrogens is 4. The standard InChI is InChI=1S/C15H20N4O4/c1-5-22-14(20)12-10(8(3)16-18-12)7-11-9(4)17-19-13(11)15(21)23-6-2/h5-7H2,1-4H3,(H,16,18)(H,17,19). The first-order valence-electron chi connectivity index (χ1n) is 7.41. The molecule has 0 aliphatic carbocycles. The van der Waals surface area contributed by atoms with E-state index >= 15 is 0 Å². The number of aryl methyl sites for hydroxylation is 2. The highest BCUT2D eigenvalue weighted by Crippen LogP contribution is 2.21. The Kier molecular flexibility index (Phi) is 5.15. The summed E-state index contributed by atoms with van der Waals surface area (Å²) < 4.78 is 10.0. The number of nitrogens with one attached hydrogen (secondary N) is 2. The molecule has 0 aliphatic rings. The van der Waals surface area contributed by atoms with Crippen molar-refractivity contribution >= 4 is 11.9 Å². The smallest absolute Gasteiger partial charge is 0.359 e. The molecule has 0 saturated heterocycles. The summed E-state index contributed by atoms with van der Waals surface area (Å²) in [5.74, 6) is -0.989. The summed E-state index contributed by atoms with van der Waals surface area (Å²) in [5, 5.41) is 13.6. The fraction of sp³-hybridized carbons (Fsp3) is 0.467. The van der Waals surface area contributed by atoms with E-state index in [9.17, 15) is 9.59 Å². The third kappa shape index (κ3) is 3.41. The number of nitrogens with zero attached hydrogens (tertiary/aromatic N) is 2. The van der Waals surface area contributed by atoms with Crippen LogP contribution in [0.5, 0.6) is 0 Å². The number of carbonyl (C=O) groups is 2. The van der Waals surface area contributed by atoms with E-state index in [1.54, 1.807) is 13.8 Å². The maximum atomic E-state index is 12.0. The number of esters is 2. The zero-order valence-electron chi connectivity index (χ0n) is 13.6. The lowest BCUT2D eigenvalue weighted by Gasteiger charge is -2.06. The van der Waals surface area contributed by atoms with Crippen molar-refractivity contribution < 1.29 is 19.1 Å². The fourth-order valence-corrected chi connectivity index (χ4v) is 2.25. The molecule has 0 bridgehead atoms. The minimum Gasteiger partial charge on any atom is -0.461 e. The van der Waals surface area contributed by atoms with Crippen molar-refractivity contribution in [2.24, 2.45) is 0 Å². The Morgan fingerprint density at radius 1 is 0.870 bits per heavy atom. The van der Waals surface area contributed by atoms with Gasteiger partial charge in [0.2, 0.25) is 0 Å². The lowest BCUT2D eigenvalue weighted by molar-refractivity contribution is 0.0510. The van der Waals surface area contributed by atoms with Gasteiger partial charge in [-0.05, 0) is 27.7 Å². The molecular weight excluding hydrogens is 300 g/mol. The fourth-order valence-electron chi connectivity index (χ4n) is 2.25. The lowest BCUT2D eigenvalue weighted by Crippen LogP contribution is -2.11. The molecule has 124 valence electrons. The summed E-state index contributed by atoms with van der Waals surface area (Å²) in [4.78, 5) is 24.0. The minimum absolute atomic E-state index is 0.222. The molecule has 0 saturated carbocycles. The zero-order valence-corrected chi connectivity index (χ0v) is 13.6. The quantitative estimate of drug-likeness (QED) is 0.784. The Balaban J connectivity index is 2.37. The van der Waals surface area contributed by atoms with Gasteiger partial charge in [0.1, 0.15) is 0 Å². The monoisotopic (exact) mass is 320 g/mol. The van der Waals surface area contributed by atoms with Gasteiger partial charge >= 0.3 is 11.9 Å². The topological polar surface area (TPSA) is 110 Å². The van der Waals surface area contributed by atoms with Gasteiger partial charge in [0.25, 0.3) is 0 Å². The SMILES string of the molecule is CCOC(=O)c1n[nH]c(C)c1Cc1c(C(=O)OCC)n[nH]c1C. The van der Waals surface area contributed by atoms with E-state index in [4.69, 9.17) is 9.47 Å². The number of hydrogen-bond donors (Lipinski definition) is 2. The van der Waals surface area contributed by atoms with Crippen LogP contribution in [0.15, 0.2) is 0 Å². The summed E-state index contributed by atoms with van der Waals surface area (Å²) in [7, 11) is 0. The van der Waals surface area contributed by atoms with Crippen LogP contribution in [-0.4, -0.2) is 45.5 Å². The number of aromatic amines is 2.